The van der Waals surface area contributed by atoms with Crippen LogP contribution in [-0.2, 0) is 11.3 Å². The van der Waals surface area contributed by atoms with Gasteiger partial charge in [0.05, 0.1) is 6.10 Å². The van der Waals surface area contributed by atoms with Crippen molar-refractivity contribution in [3.63, 3.8) is 0 Å². The van der Waals surface area contributed by atoms with Crippen molar-refractivity contribution >= 4 is 29.5 Å². The van der Waals surface area contributed by atoms with Gasteiger partial charge in [0.2, 0.25) is 5.91 Å². The standard InChI is InChI=1S/C23H27N5O2/c24-12-19(13-25)22-9-10-26-14-18(22)5-8-23(30)27-20-6-3-17(4-7-20)15-28-11-1-2-21(29)16-28/h3-10,12-14,21,24,29H,1-2,11,15-16,25H2,(H,27,30)/b8-5+,19-13?,24-12?. The number of amides is 1. The maximum absolute atomic E-state index is 12.3. The Morgan fingerprint density at radius 1 is 1.33 bits per heavy atom. The number of allylic oxidation sites excluding steroid dienone is 1. The molecule has 1 aliphatic heterocycles. The second-order valence-electron chi connectivity index (χ2n) is 7.28. The Morgan fingerprint density at radius 3 is 2.83 bits per heavy atom. The maximum atomic E-state index is 12.3. The molecule has 7 heteroatoms. The lowest BCUT2D eigenvalue weighted by atomic mass is 10.0. The van der Waals surface area contributed by atoms with Crippen molar-refractivity contribution in [1.29, 1.82) is 5.41 Å². The van der Waals surface area contributed by atoms with Crippen LogP contribution in [0.5, 0.6) is 0 Å². The third kappa shape index (κ3) is 5.85. The molecular weight excluding hydrogens is 378 g/mol. The van der Waals surface area contributed by atoms with Gasteiger partial charge in [-0.25, -0.2) is 0 Å². The lowest BCUT2D eigenvalue weighted by Gasteiger charge is -2.29. The number of aliphatic hydroxyl groups excluding tert-OH is 1. The van der Waals surface area contributed by atoms with Gasteiger partial charge < -0.3 is 21.6 Å². The molecule has 1 amide bonds. The molecule has 0 aliphatic carbocycles. The van der Waals surface area contributed by atoms with E-state index in [1.807, 2.05) is 24.3 Å². The fraction of sp³-hybridized carbons (Fsp3) is 0.261. The van der Waals surface area contributed by atoms with Crippen molar-refractivity contribution in [3.05, 3.63) is 71.7 Å². The second-order valence-corrected chi connectivity index (χ2v) is 7.28. The first kappa shape index (κ1) is 21.4. The predicted octanol–water partition coefficient (Wildman–Crippen LogP) is 2.64. The molecule has 0 saturated carbocycles. The lowest BCUT2D eigenvalue weighted by Crippen LogP contribution is -2.37. The quantitative estimate of drug-likeness (QED) is 0.418. The molecule has 0 bridgehead atoms. The summed E-state index contributed by atoms with van der Waals surface area (Å²) in [5.41, 5.74) is 9.41. The van der Waals surface area contributed by atoms with Crippen LogP contribution in [0, 0.1) is 5.41 Å². The first-order chi connectivity index (χ1) is 14.6. The third-order valence-corrected chi connectivity index (χ3v) is 5.02. The number of benzene rings is 1. The van der Waals surface area contributed by atoms with Gasteiger partial charge in [0.25, 0.3) is 0 Å². The summed E-state index contributed by atoms with van der Waals surface area (Å²) in [7, 11) is 0. The van der Waals surface area contributed by atoms with E-state index in [1.165, 1.54) is 18.5 Å². The third-order valence-electron chi connectivity index (χ3n) is 5.02. The van der Waals surface area contributed by atoms with Gasteiger partial charge >= 0.3 is 0 Å². The number of hydrogen-bond donors (Lipinski definition) is 4. The highest BCUT2D eigenvalue weighted by atomic mass is 16.3. The summed E-state index contributed by atoms with van der Waals surface area (Å²) in [5.74, 6) is -0.259. The molecule has 2 aromatic rings. The Kier molecular flexibility index (Phi) is 7.48. The van der Waals surface area contributed by atoms with E-state index in [2.05, 4.69) is 15.2 Å². The van der Waals surface area contributed by atoms with E-state index in [4.69, 9.17) is 11.1 Å². The second kappa shape index (κ2) is 10.5. The SMILES string of the molecule is N=CC(=CN)c1ccncc1/C=C/C(=O)Nc1ccc(CN2CCCC(O)C2)cc1. The van der Waals surface area contributed by atoms with Crippen LogP contribution in [0.3, 0.4) is 0 Å². The molecule has 5 N–H and O–H groups in total. The van der Waals surface area contributed by atoms with Crippen molar-refractivity contribution < 1.29 is 9.90 Å². The van der Waals surface area contributed by atoms with Crippen molar-refractivity contribution in [3.8, 4) is 0 Å². The summed E-state index contributed by atoms with van der Waals surface area (Å²) in [4.78, 5) is 18.6. The van der Waals surface area contributed by atoms with Gasteiger partial charge in [0, 0.05) is 60.8 Å². The molecule has 0 radical (unpaired) electrons. The molecule has 1 atom stereocenters. The summed E-state index contributed by atoms with van der Waals surface area (Å²) >= 11 is 0. The first-order valence-corrected chi connectivity index (χ1v) is 9.94. The smallest absolute Gasteiger partial charge is 0.248 e. The van der Waals surface area contributed by atoms with Crippen LogP contribution >= 0.6 is 0 Å². The number of likely N-dealkylation sites (tertiary alicyclic amines) is 1. The Balaban J connectivity index is 1.59. The molecule has 2 heterocycles. The number of rotatable bonds is 7. The van der Waals surface area contributed by atoms with Crippen LogP contribution in [0.25, 0.3) is 11.6 Å². The van der Waals surface area contributed by atoms with Gasteiger partial charge in [0.1, 0.15) is 0 Å². The Labute approximate surface area is 176 Å². The zero-order valence-corrected chi connectivity index (χ0v) is 16.8. The van der Waals surface area contributed by atoms with E-state index in [0.29, 0.717) is 23.4 Å². The predicted molar refractivity (Wildman–Crippen MR) is 120 cm³/mol. The van der Waals surface area contributed by atoms with Gasteiger partial charge in [-0.2, -0.15) is 0 Å². The van der Waals surface area contributed by atoms with Gasteiger partial charge in [0.15, 0.2) is 0 Å². The van der Waals surface area contributed by atoms with E-state index in [9.17, 15) is 9.90 Å². The highest BCUT2D eigenvalue weighted by Gasteiger charge is 2.17. The van der Waals surface area contributed by atoms with Crippen molar-refractivity contribution in [1.82, 2.24) is 9.88 Å². The van der Waals surface area contributed by atoms with Crippen molar-refractivity contribution in [2.24, 2.45) is 5.73 Å². The fourth-order valence-corrected chi connectivity index (χ4v) is 3.49. The summed E-state index contributed by atoms with van der Waals surface area (Å²) < 4.78 is 0. The Bertz CT molecular complexity index is 937. The molecule has 1 aromatic heterocycles. The first-order valence-electron chi connectivity index (χ1n) is 9.94. The Hall–Kier alpha value is -3.29. The summed E-state index contributed by atoms with van der Waals surface area (Å²) in [6.07, 6.45) is 10.5. The summed E-state index contributed by atoms with van der Waals surface area (Å²) in [6, 6.07) is 9.48. The Morgan fingerprint density at radius 2 is 2.13 bits per heavy atom. The van der Waals surface area contributed by atoms with Crippen molar-refractivity contribution in [2.45, 2.75) is 25.5 Å². The number of anilines is 1. The molecule has 1 unspecified atom stereocenters. The number of nitrogens with one attached hydrogen (secondary N) is 2. The minimum atomic E-state index is -0.259. The number of nitrogens with zero attached hydrogens (tertiary/aromatic N) is 2. The zero-order valence-electron chi connectivity index (χ0n) is 16.8. The van der Waals surface area contributed by atoms with Crippen LogP contribution in [0.4, 0.5) is 5.69 Å². The topological polar surface area (TPSA) is 115 Å². The van der Waals surface area contributed by atoms with Gasteiger partial charge in [-0.1, -0.05) is 12.1 Å². The highest BCUT2D eigenvalue weighted by Crippen LogP contribution is 2.18. The van der Waals surface area contributed by atoms with E-state index in [-0.39, 0.29) is 12.0 Å². The average Bonchev–Trinajstić information content (AvgIpc) is 2.75. The molecule has 156 valence electrons. The molecule has 1 saturated heterocycles. The van der Waals surface area contributed by atoms with E-state index in [1.54, 1.807) is 24.5 Å². The van der Waals surface area contributed by atoms with Gasteiger partial charge in [-0.3, -0.25) is 14.7 Å². The number of carbonyl (C=O) groups is 1. The molecule has 1 aromatic carbocycles. The minimum Gasteiger partial charge on any atom is -0.404 e. The van der Waals surface area contributed by atoms with Crippen LogP contribution in [0.1, 0.15) is 29.5 Å². The fourth-order valence-electron chi connectivity index (χ4n) is 3.49. The molecule has 1 fully saturated rings. The van der Waals surface area contributed by atoms with E-state index < -0.39 is 0 Å². The summed E-state index contributed by atoms with van der Waals surface area (Å²) in [6.45, 7) is 2.49. The van der Waals surface area contributed by atoms with Gasteiger partial charge in [-0.15, -0.1) is 0 Å². The number of aromatic nitrogens is 1. The van der Waals surface area contributed by atoms with Crippen LogP contribution in [0.2, 0.25) is 0 Å². The lowest BCUT2D eigenvalue weighted by molar-refractivity contribution is -0.111. The number of aliphatic hydroxyl groups is 1. The van der Waals surface area contributed by atoms with Crippen LogP contribution < -0.4 is 11.1 Å². The van der Waals surface area contributed by atoms with Crippen LogP contribution in [-0.4, -0.2) is 46.3 Å². The number of nitrogens with two attached hydrogens (primary N) is 1. The number of hydrogen-bond acceptors (Lipinski definition) is 6. The van der Waals surface area contributed by atoms with E-state index in [0.717, 1.165) is 37.1 Å². The number of piperidine rings is 1. The monoisotopic (exact) mass is 405 g/mol. The molecule has 30 heavy (non-hydrogen) atoms. The highest BCUT2D eigenvalue weighted by molar-refractivity contribution is 6.10. The number of carbonyl (C=O) groups excluding carboxylic acids is 1. The van der Waals surface area contributed by atoms with Gasteiger partial charge in [-0.05, 0) is 54.8 Å². The normalized spacial score (nSPS) is 17.8. The average molecular weight is 406 g/mol. The largest absolute Gasteiger partial charge is 0.404 e. The minimum absolute atomic E-state index is 0.236. The van der Waals surface area contributed by atoms with Crippen LogP contribution in [0.15, 0.2) is 55.0 Å². The zero-order chi connectivity index (χ0) is 21.3. The molecule has 0 spiro atoms. The molecular formula is C23H27N5O2. The molecule has 1 aliphatic rings. The molecule has 7 nitrogen and oxygen atoms in total. The number of pyridine rings is 1. The number of β-amino-alcohol motifs (C(OH)–C–C–N with tert-alkyl or cyclic N) is 1. The molecule has 3 rings (SSSR count). The summed E-state index contributed by atoms with van der Waals surface area (Å²) in [5, 5.41) is 20.1. The van der Waals surface area contributed by atoms with E-state index >= 15 is 0 Å². The van der Waals surface area contributed by atoms with Crippen molar-refractivity contribution in [2.75, 3.05) is 18.4 Å². The maximum Gasteiger partial charge on any atom is 0.248 e.